The summed E-state index contributed by atoms with van der Waals surface area (Å²) in [6.07, 6.45) is 0. The van der Waals surface area contributed by atoms with E-state index in [4.69, 9.17) is 11.6 Å². The Kier molecular flexibility index (Phi) is 2.40. The lowest BCUT2D eigenvalue weighted by molar-refractivity contribution is 1.45. The maximum atomic E-state index is 5.40. The molecule has 1 nitrogen and oxygen atoms in total. The van der Waals surface area contributed by atoms with Crippen LogP contribution in [0.15, 0.2) is 24.3 Å². The molecule has 0 heterocycles. The molecule has 0 spiro atoms. The zero-order valence-electron chi connectivity index (χ0n) is 4.89. The van der Waals surface area contributed by atoms with E-state index in [1.165, 1.54) is 0 Å². The summed E-state index contributed by atoms with van der Waals surface area (Å²) in [5, 5.41) is 2.92. The monoisotopic (exact) mass is 140 g/mol. The van der Waals surface area contributed by atoms with Crippen molar-refractivity contribution in [3.8, 4) is 0 Å². The van der Waals surface area contributed by atoms with Gasteiger partial charge in [-0.1, -0.05) is 18.2 Å². The zero-order chi connectivity index (χ0) is 6.53. The second-order valence-electron chi connectivity index (χ2n) is 1.59. The standard InChI is InChI=1S/C7H7ClN/c8-6-9-7-4-2-1-3-5-7/h1-4,9H,6H2. The van der Waals surface area contributed by atoms with E-state index in [1.807, 2.05) is 24.3 Å². The van der Waals surface area contributed by atoms with E-state index in [-0.39, 0.29) is 0 Å². The molecule has 47 valence electrons. The number of anilines is 1. The Labute approximate surface area is 59.6 Å². The third-order valence-corrected chi connectivity index (χ3v) is 1.10. The molecule has 0 fully saturated rings. The molecule has 1 N–H and O–H groups in total. The molecule has 1 aromatic carbocycles. The molecular weight excluding hydrogens is 134 g/mol. The van der Waals surface area contributed by atoms with E-state index >= 15 is 0 Å². The summed E-state index contributed by atoms with van der Waals surface area (Å²) in [6.45, 7) is 0. The minimum atomic E-state index is 0.431. The lowest BCUT2D eigenvalue weighted by atomic mass is 10.3. The molecule has 0 aliphatic carbocycles. The number of benzene rings is 1. The highest BCUT2D eigenvalue weighted by Gasteiger charge is 1.83. The normalized spacial score (nSPS) is 9.00. The summed E-state index contributed by atoms with van der Waals surface area (Å²) < 4.78 is 0. The summed E-state index contributed by atoms with van der Waals surface area (Å²) >= 11 is 5.40. The molecule has 0 aliphatic heterocycles. The maximum Gasteiger partial charge on any atom is 0.0902 e. The number of nitrogens with one attached hydrogen (secondary N) is 1. The van der Waals surface area contributed by atoms with Gasteiger partial charge in [0.05, 0.1) is 6.00 Å². The number of para-hydroxylation sites is 1. The highest BCUT2D eigenvalue weighted by molar-refractivity contribution is 6.18. The van der Waals surface area contributed by atoms with Gasteiger partial charge >= 0.3 is 0 Å². The summed E-state index contributed by atoms with van der Waals surface area (Å²) in [6, 6.07) is 11.0. The molecule has 0 atom stereocenters. The highest BCUT2D eigenvalue weighted by atomic mass is 35.5. The van der Waals surface area contributed by atoms with Crippen LogP contribution in [0.2, 0.25) is 0 Å². The van der Waals surface area contributed by atoms with Crippen molar-refractivity contribution >= 4 is 17.3 Å². The van der Waals surface area contributed by atoms with Gasteiger partial charge in [0.1, 0.15) is 0 Å². The first-order chi connectivity index (χ1) is 4.43. The van der Waals surface area contributed by atoms with Gasteiger partial charge in [0.2, 0.25) is 0 Å². The quantitative estimate of drug-likeness (QED) is 0.490. The van der Waals surface area contributed by atoms with Crippen LogP contribution >= 0.6 is 11.6 Å². The van der Waals surface area contributed by atoms with Crippen molar-refractivity contribution in [3.63, 3.8) is 0 Å². The van der Waals surface area contributed by atoms with Crippen LogP contribution in [0.5, 0.6) is 0 Å². The van der Waals surface area contributed by atoms with E-state index in [0.29, 0.717) is 6.00 Å². The third kappa shape index (κ3) is 1.94. The SMILES string of the molecule is ClCNc1[c]cccc1. The fourth-order valence-corrected chi connectivity index (χ4v) is 0.719. The van der Waals surface area contributed by atoms with Crippen molar-refractivity contribution in [3.05, 3.63) is 30.3 Å². The van der Waals surface area contributed by atoms with Gasteiger partial charge in [0.25, 0.3) is 0 Å². The Hall–Kier alpha value is -0.690. The first kappa shape index (κ1) is 6.43. The summed E-state index contributed by atoms with van der Waals surface area (Å²) in [4.78, 5) is 0. The zero-order valence-corrected chi connectivity index (χ0v) is 5.65. The molecule has 1 rings (SSSR count). The Morgan fingerprint density at radius 1 is 1.56 bits per heavy atom. The lowest BCUT2D eigenvalue weighted by Gasteiger charge is -1.97. The maximum absolute atomic E-state index is 5.40. The number of alkyl halides is 1. The number of hydrogen-bond donors (Lipinski definition) is 1. The van der Waals surface area contributed by atoms with E-state index < -0.39 is 0 Å². The van der Waals surface area contributed by atoms with Gasteiger partial charge in [-0.15, -0.1) is 11.6 Å². The minimum absolute atomic E-state index is 0.431. The Morgan fingerprint density at radius 3 is 3.00 bits per heavy atom. The molecule has 0 bridgehead atoms. The molecular formula is C7H7ClN. The highest BCUT2D eigenvalue weighted by Crippen LogP contribution is 2.02. The van der Waals surface area contributed by atoms with Crippen molar-refractivity contribution in [1.29, 1.82) is 0 Å². The largest absolute Gasteiger partial charge is 0.371 e. The molecule has 0 aliphatic rings. The third-order valence-electron chi connectivity index (χ3n) is 0.966. The summed E-state index contributed by atoms with van der Waals surface area (Å²) in [5.41, 5.74) is 0.938. The van der Waals surface area contributed by atoms with Crippen LogP contribution in [0.4, 0.5) is 5.69 Å². The van der Waals surface area contributed by atoms with Crippen molar-refractivity contribution in [2.75, 3.05) is 11.3 Å². The van der Waals surface area contributed by atoms with Gasteiger partial charge in [0, 0.05) is 11.8 Å². The van der Waals surface area contributed by atoms with Crippen molar-refractivity contribution in [2.45, 2.75) is 0 Å². The molecule has 0 unspecified atom stereocenters. The van der Waals surface area contributed by atoms with Crippen molar-refractivity contribution in [2.24, 2.45) is 0 Å². The van der Waals surface area contributed by atoms with Gasteiger partial charge < -0.3 is 5.32 Å². The molecule has 0 amide bonds. The Bertz CT molecular complexity index is 162. The van der Waals surface area contributed by atoms with Crippen LogP contribution in [0.25, 0.3) is 0 Å². The molecule has 0 saturated heterocycles. The topological polar surface area (TPSA) is 12.0 Å². The van der Waals surface area contributed by atoms with Gasteiger partial charge in [-0.05, 0) is 6.07 Å². The Morgan fingerprint density at radius 2 is 2.44 bits per heavy atom. The van der Waals surface area contributed by atoms with Crippen LogP contribution in [0.1, 0.15) is 0 Å². The molecule has 0 saturated carbocycles. The number of halogens is 1. The van der Waals surface area contributed by atoms with Gasteiger partial charge in [-0.25, -0.2) is 0 Å². The predicted molar refractivity (Wildman–Crippen MR) is 39.6 cm³/mol. The fourth-order valence-electron chi connectivity index (χ4n) is 0.575. The first-order valence-corrected chi connectivity index (χ1v) is 3.23. The van der Waals surface area contributed by atoms with Gasteiger partial charge in [-0.3, -0.25) is 0 Å². The fraction of sp³-hybridized carbons (Fsp3) is 0.143. The van der Waals surface area contributed by atoms with Crippen LogP contribution < -0.4 is 5.32 Å². The van der Waals surface area contributed by atoms with Crippen LogP contribution in [0, 0.1) is 6.07 Å². The Balaban J connectivity index is 2.61. The number of rotatable bonds is 2. The predicted octanol–water partition coefficient (Wildman–Crippen LogP) is 2.09. The number of hydrogen-bond acceptors (Lipinski definition) is 1. The molecule has 1 aromatic rings. The molecule has 9 heavy (non-hydrogen) atoms. The molecule has 0 aromatic heterocycles. The van der Waals surface area contributed by atoms with Crippen LogP contribution in [-0.4, -0.2) is 6.00 Å². The smallest absolute Gasteiger partial charge is 0.0902 e. The van der Waals surface area contributed by atoms with Crippen LogP contribution in [0.3, 0.4) is 0 Å². The lowest BCUT2D eigenvalue weighted by Crippen LogP contribution is -1.92. The summed E-state index contributed by atoms with van der Waals surface area (Å²) in [7, 11) is 0. The van der Waals surface area contributed by atoms with Crippen LogP contribution in [-0.2, 0) is 0 Å². The first-order valence-electron chi connectivity index (χ1n) is 2.70. The molecule has 1 radical (unpaired) electrons. The van der Waals surface area contributed by atoms with Crippen molar-refractivity contribution in [1.82, 2.24) is 0 Å². The average Bonchev–Trinajstić information content (AvgIpc) is 1.91. The second-order valence-corrected chi connectivity index (χ2v) is 1.85. The minimum Gasteiger partial charge on any atom is -0.371 e. The van der Waals surface area contributed by atoms with Gasteiger partial charge in [0.15, 0.2) is 0 Å². The van der Waals surface area contributed by atoms with E-state index in [1.54, 1.807) is 0 Å². The second kappa shape index (κ2) is 3.36. The summed E-state index contributed by atoms with van der Waals surface area (Å²) in [5.74, 6) is 0. The van der Waals surface area contributed by atoms with E-state index in [2.05, 4.69) is 11.4 Å². The average molecular weight is 141 g/mol. The molecule has 2 heteroatoms. The van der Waals surface area contributed by atoms with Crippen molar-refractivity contribution < 1.29 is 0 Å². The van der Waals surface area contributed by atoms with E-state index in [0.717, 1.165) is 5.69 Å². The van der Waals surface area contributed by atoms with E-state index in [9.17, 15) is 0 Å². The van der Waals surface area contributed by atoms with Gasteiger partial charge in [-0.2, -0.15) is 0 Å².